The van der Waals surface area contributed by atoms with Gasteiger partial charge in [0, 0.05) is 68.4 Å². The van der Waals surface area contributed by atoms with Crippen LogP contribution in [0.15, 0.2) is 97.2 Å². The van der Waals surface area contributed by atoms with Crippen LogP contribution in [0.3, 0.4) is 0 Å². The minimum Gasteiger partial charge on any atom is -0.497 e. The van der Waals surface area contributed by atoms with Crippen molar-refractivity contribution in [2.45, 2.75) is 157 Å². The lowest BCUT2D eigenvalue weighted by atomic mass is 9.99. The van der Waals surface area contributed by atoms with Crippen LogP contribution in [0.2, 0.25) is 0 Å². The number of fused-ring (bicyclic) bond motifs is 2. The number of carbonyl (C=O) groups excluding carboxylic acids is 16. The molecular weight excluding hydrogens is 1440 g/mol. The molecular formula is C71H95N19O18S. The van der Waals surface area contributed by atoms with E-state index in [0.717, 1.165) is 36.4 Å². The number of methoxy groups -OCH3 is 1. The maximum absolute atomic E-state index is 15.4. The number of primary amides is 4. The Balaban J connectivity index is 1.41. The third kappa shape index (κ3) is 27.5. The summed E-state index contributed by atoms with van der Waals surface area (Å²) in [5.74, 6) is -16.3. The van der Waals surface area contributed by atoms with Crippen LogP contribution in [0.5, 0.6) is 5.75 Å². The number of aromatic amines is 1. The van der Waals surface area contributed by atoms with Gasteiger partial charge < -0.3 is 113 Å². The number of nitrogens with one attached hydrogen (secondary N) is 13. The molecule has 1 saturated heterocycles. The van der Waals surface area contributed by atoms with Gasteiger partial charge in [0.1, 0.15) is 72.2 Å². The van der Waals surface area contributed by atoms with E-state index in [-0.39, 0.29) is 50.8 Å². The van der Waals surface area contributed by atoms with E-state index < -0.39 is 218 Å². The molecule has 1 aliphatic rings. The summed E-state index contributed by atoms with van der Waals surface area (Å²) in [5.41, 5.74) is 35.4. The average molecular weight is 1530 g/mol. The maximum atomic E-state index is 15.4. The molecule has 0 bridgehead atoms. The van der Waals surface area contributed by atoms with Crippen LogP contribution >= 0.6 is 11.8 Å². The lowest BCUT2D eigenvalue weighted by Gasteiger charge is -2.29. The molecule has 0 aliphatic carbocycles. The number of thioether (sulfide) groups is 1. The Morgan fingerprint density at radius 2 is 1.14 bits per heavy atom. The molecule has 12 atom stereocenters. The Morgan fingerprint density at radius 3 is 1.75 bits per heavy atom. The summed E-state index contributed by atoms with van der Waals surface area (Å²) < 4.78 is 5.38. The molecule has 0 spiro atoms. The van der Waals surface area contributed by atoms with Crippen LogP contribution in [0, 0.1) is 0 Å². The summed E-state index contributed by atoms with van der Waals surface area (Å²) in [4.78, 5) is 224. The molecule has 38 heteroatoms. The van der Waals surface area contributed by atoms with E-state index in [1.54, 1.807) is 85.1 Å². The summed E-state index contributed by atoms with van der Waals surface area (Å²) in [5, 5.41) is 43.3. The van der Waals surface area contributed by atoms with E-state index in [1.807, 2.05) is 12.1 Å². The SMILES string of the molecule is COc1ccc(C[C@H](NC(=O)[C@@H]2CSCC[C@H](NC(C)=O)C(=O)N[C@@H](CCC(N)=O)C(=O)N[C@@H]([C@@H](C)O)C(=O)N[C@@H](Cc3c[nH]c4ccccc34)C(=O)N[C@@H](CCC(N)=O)C(=O)N2)C(=O)N[C@@H](Cc2ccc3ccccc3c2)C(=O)N[C@@H](CCCN)C(=O)N[C@@H](CN)C(=O)N[C@@H](CC(N)=O)C(=O)NCC(N)=O)cc1. The number of aromatic nitrogens is 1. The van der Waals surface area contributed by atoms with Crippen LogP contribution in [-0.2, 0) is 96.0 Å². The third-order valence-electron chi connectivity index (χ3n) is 17.4. The normalized spacial score (nSPS) is 19.1. The second-order valence-electron chi connectivity index (χ2n) is 25.9. The van der Waals surface area contributed by atoms with Crippen molar-refractivity contribution in [2.24, 2.45) is 34.4 Å². The molecule has 16 amide bonds. The zero-order valence-electron chi connectivity index (χ0n) is 60.2. The van der Waals surface area contributed by atoms with Crippen molar-refractivity contribution in [3.8, 4) is 5.75 Å². The first kappa shape index (κ1) is 86.2. The van der Waals surface area contributed by atoms with Gasteiger partial charge in [-0.2, -0.15) is 11.8 Å². The molecule has 588 valence electrons. The molecule has 37 nitrogen and oxygen atoms in total. The molecule has 0 radical (unpaired) electrons. The number of para-hydroxylation sites is 1. The van der Waals surface area contributed by atoms with E-state index in [4.69, 9.17) is 39.1 Å². The largest absolute Gasteiger partial charge is 0.497 e. The molecule has 1 fully saturated rings. The molecule has 26 N–H and O–H groups in total. The van der Waals surface area contributed by atoms with Crippen molar-refractivity contribution in [3.05, 3.63) is 114 Å². The molecule has 4 aromatic carbocycles. The van der Waals surface area contributed by atoms with E-state index in [0.29, 0.717) is 33.3 Å². The molecule has 2 heterocycles. The van der Waals surface area contributed by atoms with E-state index in [1.165, 1.54) is 7.11 Å². The summed E-state index contributed by atoms with van der Waals surface area (Å²) >= 11 is 0.934. The molecule has 0 saturated carbocycles. The van der Waals surface area contributed by atoms with E-state index in [2.05, 4.69) is 68.8 Å². The van der Waals surface area contributed by atoms with Gasteiger partial charge in [0.25, 0.3) is 0 Å². The van der Waals surface area contributed by atoms with Gasteiger partial charge in [0.15, 0.2) is 0 Å². The minimum atomic E-state index is -1.87. The highest BCUT2D eigenvalue weighted by atomic mass is 32.2. The van der Waals surface area contributed by atoms with Crippen molar-refractivity contribution in [2.75, 3.05) is 38.2 Å². The number of benzene rings is 4. The van der Waals surface area contributed by atoms with Crippen LogP contribution in [0.1, 0.15) is 81.9 Å². The molecule has 109 heavy (non-hydrogen) atoms. The first-order valence-electron chi connectivity index (χ1n) is 34.9. The Hall–Kier alpha value is -11.8. The lowest BCUT2D eigenvalue weighted by Crippen LogP contribution is -2.62. The van der Waals surface area contributed by atoms with Crippen molar-refractivity contribution in [1.82, 2.24) is 68.8 Å². The zero-order chi connectivity index (χ0) is 80.0. The van der Waals surface area contributed by atoms with Crippen LogP contribution < -0.4 is 103 Å². The van der Waals surface area contributed by atoms with Crippen LogP contribution in [0.25, 0.3) is 21.7 Å². The van der Waals surface area contributed by atoms with E-state index >= 15 is 19.2 Å². The van der Waals surface area contributed by atoms with Gasteiger partial charge in [-0.3, -0.25) is 76.7 Å². The molecule has 0 unspecified atom stereocenters. The van der Waals surface area contributed by atoms with Gasteiger partial charge in [-0.25, -0.2) is 0 Å². The highest BCUT2D eigenvalue weighted by molar-refractivity contribution is 7.99. The van der Waals surface area contributed by atoms with Gasteiger partial charge >= 0.3 is 0 Å². The Bertz CT molecular complexity index is 4120. The number of aliphatic hydroxyl groups excluding tert-OH is 1. The average Bonchev–Trinajstić information content (AvgIpc) is 1.77. The highest BCUT2D eigenvalue weighted by Gasteiger charge is 2.39. The molecule has 5 aromatic rings. The Labute approximate surface area is 630 Å². The van der Waals surface area contributed by atoms with Crippen molar-refractivity contribution in [3.63, 3.8) is 0 Å². The number of ether oxygens (including phenoxy) is 1. The van der Waals surface area contributed by atoms with E-state index in [9.17, 15) is 62.6 Å². The zero-order valence-corrected chi connectivity index (χ0v) is 61.1. The van der Waals surface area contributed by atoms with Gasteiger partial charge in [0.05, 0.1) is 26.2 Å². The Morgan fingerprint density at radius 1 is 0.587 bits per heavy atom. The fraction of sp³-hybridized carbons (Fsp3) is 0.437. The van der Waals surface area contributed by atoms with Crippen LogP contribution in [0.4, 0.5) is 0 Å². The second-order valence-corrected chi connectivity index (χ2v) is 27.1. The predicted molar refractivity (Wildman–Crippen MR) is 397 cm³/mol. The quantitative estimate of drug-likeness (QED) is 0.0182. The fourth-order valence-electron chi connectivity index (χ4n) is 11.6. The smallest absolute Gasteiger partial charge is 0.245 e. The van der Waals surface area contributed by atoms with Crippen molar-refractivity contribution < 1.29 is 86.6 Å². The standard InChI is InChI=1S/C71H95N19O18S/c1-36(91)60-71(107)87-52(30-42-33-78-45-12-7-6-11-44(42)45)68(104)83-47(20-22-56(74)93)63(99)89-55(35-109-26-24-49(80-37(2)92)64(100)82-48(65(101)90-60)21-23-57(75)94)70(106)85-50(28-38-15-18-43(108-3)19-16-38)67(103)84-51(29-39-14-17-40-9-4-5-10-41(40)27-39)66(102)81-46(13-8-25-72)62(98)88-54(32-73)69(105)86-53(31-58(76)95)61(97)79-34-59(77)96/h4-7,9-12,14-19,27,33,36,46-55,60,78,91H,8,13,20-26,28-32,34-35,72-73H2,1-3H3,(H2,74,93)(H2,75,94)(H2,76,95)(H2,77,96)(H,79,97)(H,80,92)(H,81,102)(H,82,100)(H,83,104)(H,84,103)(H,85,106)(H,86,105)(H,87,107)(H,88,98)(H,89,99)(H,90,101)/t36-,46+,47+,48+,49+,50+,51+,52+,53+,54+,55+,60+/m1/s1. The van der Waals surface area contributed by atoms with Crippen LogP contribution in [-0.4, -0.2) is 215 Å². The summed E-state index contributed by atoms with van der Waals surface area (Å²) in [7, 11) is 1.41. The minimum absolute atomic E-state index is 0.0159. The van der Waals surface area contributed by atoms with Gasteiger partial charge in [0.2, 0.25) is 94.5 Å². The third-order valence-corrected chi connectivity index (χ3v) is 18.5. The number of aliphatic hydroxyl groups is 1. The number of rotatable bonds is 34. The number of nitrogens with two attached hydrogens (primary N) is 6. The highest BCUT2D eigenvalue weighted by Crippen LogP contribution is 2.22. The van der Waals surface area contributed by atoms with Gasteiger partial charge in [-0.15, -0.1) is 0 Å². The lowest BCUT2D eigenvalue weighted by molar-refractivity contribution is -0.137. The maximum Gasteiger partial charge on any atom is 0.245 e. The monoisotopic (exact) mass is 1530 g/mol. The van der Waals surface area contributed by atoms with Gasteiger partial charge in [-0.05, 0) is 97.0 Å². The molecule has 1 aromatic heterocycles. The first-order chi connectivity index (χ1) is 51.9. The summed E-state index contributed by atoms with van der Waals surface area (Å²) in [6, 6.07) is 7.34. The number of hydrogen-bond acceptors (Lipinski definition) is 21. The van der Waals surface area contributed by atoms with Gasteiger partial charge in [-0.1, -0.05) is 72.8 Å². The number of H-pyrrole nitrogens is 1. The predicted octanol–water partition coefficient (Wildman–Crippen LogP) is -6.07. The first-order valence-corrected chi connectivity index (χ1v) is 36.1. The number of amides is 16. The fourth-order valence-corrected chi connectivity index (χ4v) is 12.6. The van der Waals surface area contributed by atoms with Crippen molar-refractivity contribution in [1.29, 1.82) is 0 Å². The van der Waals surface area contributed by atoms with Crippen molar-refractivity contribution >= 4 is 128 Å². The Kier molecular flexibility index (Phi) is 33.6. The topological polar surface area (TPSA) is 619 Å². The molecule has 1 aliphatic heterocycles. The molecule has 6 rings (SSSR count). The summed E-state index contributed by atoms with van der Waals surface area (Å²) in [6.07, 6.45) is -4.21. The number of hydrogen-bond donors (Lipinski definition) is 20. The summed E-state index contributed by atoms with van der Waals surface area (Å²) in [6.45, 7) is 0.952. The second kappa shape index (κ2) is 42.5. The number of carbonyl (C=O) groups is 16.